The summed E-state index contributed by atoms with van der Waals surface area (Å²) in [7, 11) is 0. The summed E-state index contributed by atoms with van der Waals surface area (Å²) >= 11 is 0. The van der Waals surface area contributed by atoms with Gasteiger partial charge in [0.2, 0.25) is 0 Å². The summed E-state index contributed by atoms with van der Waals surface area (Å²) in [5.74, 6) is -1.59. The highest BCUT2D eigenvalue weighted by Gasteiger charge is 2.29. The second-order valence-corrected chi connectivity index (χ2v) is 7.01. The summed E-state index contributed by atoms with van der Waals surface area (Å²) in [6.07, 6.45) is 4.83. The highest BCUT2D eigenvalue weighted by molar-refractivity contribution is 5.88. The maximum Gasteiger partial charge on any atom is 0.341 e. The molecule has 2 fully saturated rings. The Morgan fingerprint density at radius 1 is 1.28 bits per heavy atom. The normalized spacial score (nSPS) is 20.9. The molecule has 3 N–H and O–H groups in total. The number of carboxylic acid groups (broad SMARTS) is 1. The molecule has 4 rings (SSSR count). The number of rotatable bonds is 3. The van der Waals surface area contributed by atoms with E-state index < -0.39 is 17.3 Å². The second kappa shape index (κ2) is 5.84. The number of hydrogen-bond acceptors (Lipinski definition) is 4. The van der Waals surface area contributed by atoms with E-state index in [0.29, 0.717) is 17.7 Å². The molecule has 3 heterocycles. The zero-order valence-electron chi connectivity index (χ0n) is 13.7. The molecule has 2 aromatic heterocycles. The zero-order chi connectivity index (χ0) is 17.7. The quantitative estimate of drug-likeness (QED) is 0.888. The first-order valence-electron chi connectivity index (χ1n) is 8.58. The summed E-state index contributed by atoms with van der Waals surface area (Å²) in [5.41, 5.74) is 6.82. The van der Waals surface area contributed by atoms with Crippen LogP contribution in [0.25, 0.3) is 5.52 Å². The Morgan fingerprint density at radius 2 is 2.04 bits per heavy atom. The van der Waals surface area contributed by atoms with E-state index in [2.05, 4.69) is 0 Å². The minimum atomic E-state index is -1.28. The summed E-state index contributed by atoms with van der Waals surface area (Å²) in [6, 6.07) is 3.14. The summed E-state index contributed by atoms with van der Waals surface area (Å²) in [5, 5.41) is 9.28. The van der Waals surface area contributed by atoms with Crippen molar-refractivity contribution in [1.82, 2.24) is 4.40 Å². The van der Waals surface area contributed by atoms with Crippen LogP contribution in [0.4, 0.5) is 10.1 Å². The van der Waals surface area contributed by atoms with Crippen LogP contribution in [0.1, 0.15) is 47.5 Å². The van der Waals surface area contributed by atoms with Crippen LogP contribution in [0.2, 0.25) is 0 Å². The molecule has 1 saturated heterocycles. The van der Waals surface area contributed by atoms with Gasteiger partial charge in [-0.2, -0.15) is 0 Å². The molecule has 6 nitrogen and oxygen atoms in total. The molecule has 0 aromatic carbocycles. The van der Waals surface area contributed by atoms with Crippen LogP contribution in [0.15, 0.2) is 23.1 Å². The Balaban J connectivity index is 1.92. The number of carboxylic acids is 1. The van der Waals surface area contributed by atoms with Crippen LogP contribution in [0.3, 0.4) is 0 Å². The minimum Gasteiger partial charge on any atom is -0.477 e. The van der Waals surface area contributed by atoms with Crippen LogP contribution in [0.5, 0.6) is 0 Å². The maximum atomic E-state index is 14.7. The molecule has 1 aliphatic carbocycles. The van der Waals surface area contributed by atoms with Crippen molar-refractivity contribution in [2.24, 2.45) is 5.73 Å². The lowest BCUT2D eigenvalue weighted by Crippen LogP contribution is -2.43. The molecule has 1 saturated carbocycles. The molecule has 1 unspecified atom stereocenters. The number of aromatic carboxylic acids is 1. The van der Waals surface area contributed by atoms with Gasteiger partial charge in [0.05, 0.1) is 17.4 Å². The maximum absolute atomic E-state index is 14.7. The summed E-state index contributed by atoms with van der Waals surface area (Å²) in [6.45, 7) is 1.29. The van der Waals surface area contributed by atoms with Gasteiger partial charge in [-0.25, -0.2) is 9.18 Å². The average molecular weight is 345 g/mol. The van der Waals surface area contributed by atoms with Crippen LogP contribution in [0, 0.1) is 5.82 Å². The number of nitrogens with zero attached hydrogens (tertiary/aromatic N) is 2. The van der Waals surface area contributed by atoms with Crippen LogP contribution >= 0.6 is 0 Å². The van der Waals surface area contributed by atoms with Crippen molar-refractivity contribution in [2.45, 2.75) is 37.6 Å². The lowest BCUT2D eigenvalue weighted by molar-refractivity contribution is 0.0694. The number of halogens is 1. The third kappa shape index (κ3) is 2.78. The third-order valence-corrected chi connectivity index (χ3v) is 5.11. The fraction of sp³-hybridized carbons (Fsp3) is 0.444. The SMILES string of the molecule is NC1CCCN(c2cc3c(C4CC4)cc(C(=O)O)c(=O)n3cc2F)C1. The first-order valence-corrected chi connectivity index (χ1v) is 8.58. The van der Waals surface area contributed by atoms with Crippen molar-refractivity contribution in [2.75, 3.05) is 18.0 Å². The predicted octanol–water partition coefficient (Wildman–Crippen LogP) is 1.94. The van der Waals surface area contributed by atoms with Gasteiger partial charge in [0.1, 0.15) is 5.56 Å². The fourth-order valence-corrected chi connectivity index (χ4v) is 3.67. The number of piperidine rings is 1. The van der Waals surface area contributed by atoms with Gasteiger partial charge < -0.3 is 15.7 Å². The number of nitrogens with two attached hydrogens (primary N) is 1. The molecular formula is C18H20FN3O3. The monoisotopic (exact) mass is 345 g/mol. The van der Waals surface area contributed by atoms with Gasteiger partial charge in [-0.3, -0.25) is 9.20 Å². The van der Waals surface area contributed by atoms with E-state index in [1.165, 1.54) is 6.07 Å². The molecule has 1 atom stereocenters. The van der Waals surface area contributed by atoms with Crippen molar-refractivity contribution in [3.63, 3.8) is 0 Å². The van der Waals surface area contributed by atoms with Gasteiger partial charge in [0.25, 0.3) is 5.56 Å². The average Bonchev–Trinajstić information content (AvgIpc) is 3.39. The van der Waals surface area contributed by atoms with Gasteiger partial charge >= 0.3 is 5.97 Å². The van der Waals surface area contributed by atoms with Crippen molar-refractivity contribution in [3.05, 3.63) is 45.6 Å². The van der Waals surface area contributed by atoms with E-state index in [-0.39, 0.29) is 17.5 Å². The topological polar surface area (TPSA) is 88.0 Å². The smallest absolute Gasteiger partial charge is 0.341 e. The highest BCUT2D eigenvalue weighted by Crippen LogP contribution is 2.42. The van der Waals surface area contributed by atoms with E-state index in [0.717, 1.165) is 48.4 Å². The lowest BCUT2D eigenvalue weighted by Gasteiger charge is -2.33. The van der Waals surface area contributed by atoms with Crippen molar-refractivity contribution in [3.8, 4) is 0 Å². The van der Waals surface area contributed by atoms with E-state index >= 15 is 0 Å². The highest BCUT2D eigenvalue weighted by atomic mass is 19.1. The van der Waals surface area contributed by atoms with Gasteiger partial charge in [-0.05, 0) is 49.3 Å². The van der Waals surface area contributed by atoms with E-state index in [1.807, 2.05) is 4.90 Å². The zero-order valence-corrected chi connectivity index (χ0v) is 13.7. The molecule has 2 aliphatic rings. The number of fused-ring (bicyclic) bond motifs is 1. The van der Waals surface area contributed by atoms with Crippen LogP contribution < -0.4 is 16.2 Å². The van der Waals surface area contributed by atoms with Crippen molar-refractivity contribution < 1.29 is 14.3 Å². The second-order valence-electron chi connectivity index (χ2n) is 7.01. The van der Waals surface area contributed by atoms with Crippen LogP contribution in [-0.4, -0.2) is 34.6 Å². The predicted molar refractivity (Wildman–Crippen MR) is 92.0 cm³/mol. The Labute approximate surface area is 143 Å². The fourth-order valence-electron chi connectivity index (χ4n) is 3.67. The first-order chi connectivity index (χ1) is 12.0. The molecule has 7 heteroatoms. The number of aromatic nitrogens is 1. The van der Waals surface area contributed by atoms with Crippen molar-refractivity contribution in [1.29, 1.82) is 0 Å². The number of pyridine rings is 2. The number of anilines is 1. The van der Waals surface area contributed by atoms with Crippen LogP contribution in [-0.2, 0) is 0 Å². The molecule has 132 valence electrons. The molecule has 2 aromatic rings. The van der Waals surface area contributed by atoms with Gasteiger partial charge in [0.15, 0.2) is 5.82 Å². The van der Waals surface area contributed by atoms with Gasteiger partial charge in [-0.1, -0.05) is 0 Å². The number of hydrogen-bond donors (Lipinski definition) is 2. The van der Waals surface area contributed by atoms with E-state index in [9.17, 15) is 19.1 Å². The molecule has 0 spiro atoms. The van der Waals surface area contributed by atoms with Gasteiger partial charge in [0, 0.05) is 19.1 Å². The van der Waals surface area contributed by atoms with Gasteiger partial charge in [-0.15, -0.1) is 0 Å². The Kier molecular flexibility index (Phi) is 3.76. The molecule has 1 aliphatic heterocycles. The first kappa shape index (κ1) is 16.1. The molecule has 0 radical (unpaired) electrons. The Morgan fingerprint density at radius 3 is 2.68 bits per heavy atom. The van der Waals surface area contributed by atoms with E-state index in [1.54, 1.807) is 6.07 Å². The summed E-state index contributed by atoms with van der Waals surface area (Å²) < 4.78 is 15.8. The Bertz CT molecular complexity index is 920. The summed E-state index contributed by atoms with van der Waals surface area (Å²) in [4.78, 5) is 25.7. The largest absolute Gasteiger partial charge is 0.477 e. The van der Waals surface area contributed by atoms with E-state index in [4.69, 9.17) is 5.73 Å². The number of carbonyl (C=O) groups is 1. The van der Waals surface area contributed by atoms with Crippen molar-refractivity contribution >= 4 is 17.2 Å². The third-order valence-electron chi connectivity index (χ3n) is 5.11. The molecule has 0 bridgehead atoms. The molecule has 25 heavy (non-hydrogen) atoms. The minimum absolute atomic E-state index is 0.00357. The Hall–Kier alpha value is -2.41. The standard InChI is InChI=1S/C18H20FN3O3/c19-14-9-22-15(7-16(14)21-5-1-2-11(20)8-21)12(10-3-4-10)6-13(17(22)23)18(24)25/h6-7,9-11H,1-5,8,20H2,(H,24,25). The molecule has 0 amide bonds. The molecular weight excluding hydrogens is 325 g/mol. The lowest BCUT2D eigenvalue weighted by atomic mass is 10.0.